The van der Waals surface area contributed by atoms with Gasteiger partial charge in [0.05, 0.1) is 17.8 Å². The fourth-order valence-corrected chi connectivity index (χ4v) is 4.18. The number of hydrogen-bond donors (Lipinski definition) is 2. The molecule has 0 aliphatic heterocycles. The van der Waals surface area contributed by atoms with E-state index in [4.69, 9.17) is 21.1 Å². The molecule has 0 aromatic heterocycles. The van der Waals surface area contributed by atoms with Gasteiger partial charge in [0.1, 0.15) is 11.5 Å². The summed E-state index contributed by atoms with van der Waals surface area (Å²) in [6.45, 7) is -0.236. The summed E-state index contributed by atoms with van der Waals surface area (Å²) in [6, 6.07) is 17.0. The van der Waals surface area contributed by atoms with E-state index in [0.29, 0.717) is 37.8 Å². The van der Waals surface area contributed by atoms with E-state index >= 15 is 0 Å². The van der Waals surface area contributed by atoms with Gasteiger partial charge in [-0.2, -0.15) is 5.10 Å². The van der Waals surface area contributed by atoms with Crippen LogP contribution < -0.4 is 20.2 Å². The van der Waals surface area contributed by atoms with E-state index in [1.54, 1.807) is 60.7 Å². The van der Waals surface area contributed by atoms with Crippen molar-refractivity contribution in [2.24, 2.45) is 5.10 Å². The van der Waals surface area contributed by atoms with Crippen molar-refractivity contribution < 1.29 is 19.1 Å². The maximum Gasteiger partial charge on any atom is 0.271 e. The van der Waals surface area contributed by atoms with Crippen molar-refractivity contribution >= 4 is 67.2 Å². The number of amides is 2. The Bertz CT molecular complexity index is 1190. The molecule has 33 heavy (non-hydrogen) atoms. The standard InChI is InChI=1S/C23H18Br2ClN3O4/c1-32-19-4-2-3-14(10-19)23(31)29-27-12-15-9-16(24)11-20(25)22(15)33-13-21(30)28-18-7-5-17(26)6-8-18/h2-12H,13H2,1H3,(H,28,30)(H,29,31)/b27-12+. The molecule has 3 aromatic rings. The first-order valence-corrected chi connectivity index (χ1v) is 11.5. The molecule has 0 fully saturated rings. The number of nitrogens with one attached hydrogen (secondary N) is 2. The lowest BCUT2D eigenvalue weighted by Crippen LogP contribution is -2.21. The summed E-state index contributed by atoms with van der Waals surface area (Å²) < 4.78 is 12.2. The van der Waals surface area contributed by atoms with Gasteiger partial charge in [0.2, 0.25) is 0 Å². The molecule has 0 aliphatic carbocycles. The molecule has 0 saturated heterocycles. The number of carbonyl (C=O) groups is 2. The van der Waals surface area contributed by atoms with Crippen molar-refractivity contribution in [2.45, 2.75) is 0 Å². The van der Waals surface area contributed by atoms with Crippen molar-refractivity contribution in [1.29, 1.82) is 0 Å². The molecule has 2 N–H and O–H groups in total. The molecular formula is C23H18Br2ClN3O4. The first-order chi connectivity index (χ1) is 15.9. The van der Waals surface area contributed by atoms with Crippen LogP contribution in [-0.2, 0) is 4.79 Å². The first kappa shape index (κ1) is 24.8. The number of methoxy groups -OCH3 is 1. The summed E-state index contributed by atoms with van der Waals surface area (Å²) in [5, 5.41) is 7.32. The van der Waals surface area contributed by atoms with Crippen molar-refractivity contribution in [3.8, 4) is 11.5 Å². The smallest absolute Gasteiger partial charge is 0.271 e. The number of hydrogen-bond acceptors (Lipinski definition) is 5. The third-order valence-corrected chi connectivity index (χ3v) is 5.51. The normalized spacial score (nSPS) is 10.7. The topological polar surface area (TPSA) is 89.0 Å². The van der Waals surface area contributed by atoms with Gasteiger partial charge < -0.3 is 14.8 Å². The second-order valence-electron chi connectivity index (χ2n) is 6.58. The number of nitrogens with zero attached hydrogens (tertiary/aromatic N) is 1. The van der Waals surface area contributed by atoms with Crippen molar-refractivity contribution in [2.75, 3.05) is 19.0 Å². The number of halogens is 3. The highest BCUT2D eigenvalue weighted by Gasteiger charge is 2.12. The molecule has 10 heteroatoms. The summed E-state index contributed by atoms with van der Waals surface area (Å²) in [5.74, 6) is 0.212. The third-order valence-electron chi connectivity index (χ3n) is 4.21. The predicted molar refractivity (Wildman–Crippen MR) is 135 cm³/mol. The third kappa shape index (κ3) is 7.31. The summed E-state index contributed by atoms with van der Waals surface area (Å²) in [5.41, 5.74) is 4.01. The van der Waals surface area contributed by atoms with E-state index < -0.39 is 5.91 Å². The molecule has 7 nitrogen and oxygen atoms in total. The van der Waals surface area contributed by atoms with Crippen LogP contribution in [0.3, 0.4) is 0 Å². The van der Waals surface area contributed by atoms with Crippen molar-refractivity contribution in [3.63, 3.8) is 0 Å². The van der Waals surface area contributed by atoms with Crippen LogP contribution in [0.15, 0.2) is 74.7 Å². The Hall–Kier alpha value is -2.88. The lowest BCUT2D eigenvalue weighted by molar-refractivity contribution is -0.118. The van der Waals surface area contributed by atoms with Gasteiger partial charge in [-0.3, -0.25) is 9.59 Å². The van der Waals surface area contributed by atoms with Crippen LogP contribution in [0.4, 0.5) is 5.69 Å². The maximum absolute atomic E-state index is 12.3. The van der Waals surface area contributed by atoms with Crippen LogP contribution >= 0.6 is 43.5 Å². The second-order valence-corrected chi connectivity index (χ2v) is 8.79. The summed E-state index contributed by atoms with van der Waals surface area (Å²) >= 11 is 12.7. The fourth-order valence-electron chi connectivity index (χ4n) is 2.69. The Morgan fingerprint density at radius 1 is 1.09 bits per heavy atom. The first-order valence-electron chi connectivity index (χ1n) is 9.50. The highest BCUT2D eigenvalue weighted by molar-refractivity contribution is 9.11. The largest absolute Gasteiger partial charge is 0.497 e. The molecule has 0 radical (unpaired) electrons. The summed E-state index contributed by atoms with van der Waals surface area (Å²) in [4.78, 5) is 24.6. The lowest BCUT2D eigenvalue weighted by Gasteiger charge is -2.12. The number of anilines is 1. The van der Waals surface area contributed by atoms with Gasteiger partial charge in [-0.1, -0.05) is 33.6 Å². The molecule has 0 unspecified atom stereocenters. The number of ether oxygens (including phenoxy) is 2. The molecule has 0 spiro atoms. The van der Waals surface area contributed by atoms with Crippen molar-refractivity contribution in [1.82, 2.24) is 5.43 Å². The van der Waals surface area contributed by atoms with Gasteiger partial charge in [-0.25, -0.2) is 5.43 Å². The van der Waals surface area contributed by atoms with Crippen LogP contribution in [0.25, 0.3) is 0 Å². The number of hydrazone groups is 1. The quantitative estimate of drug-likeness (QED) is 0.260. The highest BCUT2D eigenvalue weighted by Crippen LogP contribution is 2.32. The van der Waals surface area contributed by atoms with E-state index in [0.717, 1.165) is 4.47 Å². The number of rotatable bonds is 8. The zero-order valence-corrected chi connectivity index (χ0v) is 21.2. The van der Waals surface area contributed by atoms with Crippen LogP contribution in [-0.4, -0.2) is 31.7 Å². The summed E-state index contributed by atoms with van der Waals surface area (Å²) in [7, 11) is 1.53. The molecule has 0 atom stereocenters. The Kier molecular flexibility index (Phi) is 8.87. The van der Waals surface area contributed by atoms with Crippen LogP contribution in [0.1, 0.15) is 15.9 Å². The monoisotopic (exact) mass is 593 g/mol. The average Bonchev–Trinajstić information content (AvgIpc) is 2.80. The minimum absolute atomic E-state index is 0.236. The minimum atomic E-state index is -0.399. The van der Waals surface area contributed by atoms with E-state index in [9.17, 15) is 9.59 Å². The molecule has 0 saturated carbocycles. The molecule has 3 aromatic carbocycles. The minimum Gasteiger partial charge on any atom is -0.497 e. The molecule has 0 aliphatic rings. The maximum atomic E-state index is 12.3. The average molecular weight is 596 g/mol. The van der Waals surface area contributed by atoms with Gasteiger partial charge in [0.15, 0.2) is 6.61 Å². The zero-order valence-electron chi connectivity index (χ0n) is 17.3. The summed E-state index contributed by atoms with van der Waals surface area (Å²) in [6.07, 6.45) is 1.43. The molecule has 2 amide bonds. The van der Waals surface area contributed by atoms with Crippen LogP contribution in [0, 0.1) is 0 Å². The number of benzene rings is 3. The lowest BCUT2D eigenvalue weighted by atomic mass is 10.2. The van der Waals surface area contributed by atoms with E-state index in [1.165, 1.54) is 13.3 Å². The van der Waals surface area contributed by atoms with Crippen LogP contribution in [0.5, 0.6) is 11.5 Å². The van der Waals surface area contributed by atoms with Gasteiger partial charge in [-0.05, 0) is 70.5 Å². The van der Waals surface area contributed by atoms with Crippen molar-refractivity contribution in [3.05, 3.63) is 85.8 Å². The second kappa shape index (κ2) is 11.8. The molecule has 0 bridgehead atoms. The Morgan fingerprint density at radius 3 is 2.58 bits per heavy atom. The van der Waals surface area contributed by atoms with Gasteiger partial charge in [-0.15, -0.1) is 0 Å². The number of carbonyl (C=O) groups excluding carboxylic acids is 2. The SMILES string of the molecule is COc1cccc(C(=O)N/N=C/c2cc(Br)cc(Br)c2OCC(=O)Nc2ccc(Cl)cc2)c1. The van der Waals surface area contributed by atoms with Gasteiger partial charge >= 0.3 is 0 Å². The van der Waals surface area contributed by atoms with E-state index in [1.807, 2.05) is 0 Å². The Balaban J connectivity index is 1.67. The highest BCUT2D eigenvalue weighted by atomic mass is 79.9. The molecular weight excluding hydrogens is 578 g/mol. The van der Waals surface area contributed by atoms with Gasteiger partial charge in [0.25, 0.3) is 11.8 Å². The fraction of sp³-hybridized carbons (Fsp3) is 0.0870. The Labute approximate surface area is 212 Å². The Morgan fingerprint density at radius 2 is 1.85 bits per heavy atom. The molecule has 0 heterocycles. The van der Waals surface area contributed by atoms with E-state index in [-0.39, 0.29) is 12.5 Å². The van der Waals surface area contributed by atoms with Crippen LogP contribution in [0.2, 0.25) is 5.02 Å². The zero-order chi connectivity index (χ0) is 23.8. The van der Waals surface area contributed by atoms with Gasteiger partial charge in [0, 0.05) is 26.3 Å². The molecule has 170 valence electrons. The molecule has 3 rings (SSSR count). The van der Waals surface area contributed by atoms with E-state index in [2.05, 4.69) is 47.7 Å². The predicted octanol–water partition coefficient (Wildman–Crippen LogP) is 5.66.